The van der Waals surface area contributed by atoms with Crippen LogP contribution in [0.4, 0.5) is 0 Å². The maximum atomic E-state index is 10.1. The van der Waals surface area contributed by atoms with Gasteiger partial charge in [0, 0.05) is 12.6 Å². The molecule has 1 rings (SSSR count). The smallest absolute Gasteiger partial charge is 0.0600 e. The lowest BCUT2D eigenvalue weighted by molar-refractivity contribution is 0.0347. The second-order valence-electron chi connectivity index (χ2n) is 6.64. The summed E-state index contributed by atoms with van der Waals surface area (Å²) in [5.41, 5.74) is 0.0238. The van der Waals surface area contributed by atoms with Gasteiger partial charge in [0.2, 0.25) is 0 Å². The van der Waals surface area contributed by atoms with Gasteiger partial charge < -0.3 is 10.0 Å². The topological polar surface area (TPSA) is 23.5 Å². The van der Waals surface area contributed by atoms with Crippen molar-refractivity contribution >= 4 is 0 Å². The van der Waals surface area contributed by atoms with E-state index in [-0.39, 0.29) is 11.5 Å². The number of hydrogen-bond donors (Lipinski definition) is 1. The highest BCUT2D eigenvalue weighted by Gasteiger charge is 2.25. The molecule has 17 heavy (non-hydrogen) atoms. The van der Waals surface area contributed by atoms with Crippen molar-refractivity contribution in [3.8, 4) is 0 Å². The Morgan fingerprint density at radius 3 is 2.59 bits per heavy atom. The fraction of sp³-hybridized carbons (Fsp3) is 1.00. The molecule has 2 heteroatoms. The van der Waals surface area contributed by atoms with Crippen molar-refractivity contribution in [2.75, 3.05) is 13.1 Å². The minimum absolute atomic E-state index is 0.0238. The van der Waals surface area contributed by atoms with Crippen LogP contribution in [0.25, 0.3) is 0 Å². The van der Waals surface area contributed by atoms with Crippen LogP contribution in [0.1, 0.15) is 66.2 Å². The summed E-state index contributed by atoms with van der Waals surface area (Å²) < 4.78 is 0. The number of rotatable bonds is 5. The van der Waals surface area contributed by atoms with Crippen LogP contribution in [0.5, 0.6) is 0 Å². The molecule has 2 atom stereocenters. The summed E-state index contributed by atoms with van der Waals surface area (Å²) in [5.74, 6) is 0. The van der Waals surface area contributed by atoms with Crippen molar-refractivity contribution in [3.63, 3.8) is 0 Å². The number of piperidine rings is 1. The Morgan fingerprint density at radius 1 is 1.29 bits per heavy atom. The molecule has 1 saturated heterocycles. The lowest BCUT2D eigenvalue weighted by Gasteiger charge is -2.37. The van der Waals surface area contributed by atoms with Crippen LogP contribution in [0, 0.1) is 5.41 Å². The molecule has 1 heterocycles. The van der Waals surface area contributed by atoms with Crippen LogP contribution in [-0.4, -0.2) is 35.2 Å². The Kier molecular flexibility index (Phi) is 5.94. The molecule has 0 aliphatic carbocycles. The van der Waals surface area contributed by atoms with Crippen molar-refractivity contribution in [3.05, 3.63) is 0 Å². The van der Waals surface area contributed by atoms with Crippen molar-refractivity contribution < 1.29 is 5.11 Å². The van der Waals surface area contributed by atoms with Gasteiger partial charge in [-0.05, 0) is 37.6 Å². The highest BCUT2D eigenvalue weighted by molar-refractivity contribution is 4.79. The summed E-state index contributed by atoms with van der Waals surface area (Å²) in [4.78, 5) is 2.61. The highest BCUT2D eigenvalue weighted by atomic mass is 16.3. The Bertz CT molecular complexity index is 207. The van der Waals surface area contributed by atoms with E-state index < -0.39 is 0 Å². The molecule has 1 aliphatic heterocycles. The van der Waals surface area contributed by atoms with Crippen LogP contribution < -0.4 is 0 Å². The maximum Gasteiger partial charge on any atom is 0.0600 e. The second kappa shape index (κ2) is 6.75. The zero-order chi connectivity index (χ0) is 12.9. The summed E-state index contributed by atoms with van der Waals surface area (Å²) in [6.07, 6.45) is 7.44. The second-order valence-corrected chi connectivity index (χ2v) is 6.64. The van der Waals surface area contributed by atoms with Gasteiger partial charge >= 0.3 is 0 Å². The van der Waals surface area contributed by atoms with Gasteiger partial charge in [0.05, 0.1) is 6.10 Å². The summed E-state index contributed by atoms with van der Waals surface area (Å²) in [6, 6.07) is 0.779. The first-order valence-electron chi connectivity index (χ1n) is 7.37. The van der Waals surface area contributed by atoms with Gasteiger partial charge in [0.15, 0.2) is 0 Å². The van der Waals surface area contributed by atoms with Gasteiger partial charge in [-0.3, -0.25) is 0 Å². The lowest BCUT2D eigenvalue weighted by Crippen LogP contribution is -2.42. The molecule has 0 aromatic rings. The summed E-state index contributed by atoms with van der Waals surface area (Å²) in [6.45, 7) is 11.0. The lowest BCUT2D eigenvalue weighted by atomic mass is 9.87. The standard InChI is InChI=1S/C15H31NO/c1-5-8-13-9-6-7-11-16(13)12-10-14(17)15(2,3)4/h13-14,17H,5-12H2,1-4H3. The average molecular weight is 241 g/mol. The Hall–Kier alpha value is -0.0800. The summed E-state index contributed by atoms with van der Waals surface area (Å²) >= 11 is 0. The normalized spacial score (nSPS) is 24.9. The van der Waals surface area contributed by atoms with Crippen LogP contribution in [-0.2, 0) is 0 Å². The predicted octanol–water partition coefficient (Wildman–Crippen LogP) is 3.44. The Balaban J connectivity index is 2.37. The fourth-order valence-electron chi connectivity index (χ4n) is 2.74. The number of aliphatic hydroxyl groups excluding tert-OH is 1. The van der Waals surface area contributed by atoms with Gasteiger partial charge in [0.25, 0.3) is 0 Å². The fourth-order valence-corrected chi connectivity index (χ4v) is 2.74. The van der Waals surface area contributed by atoms with Crippen molar-refractivity contribution in [2.45, 2.75) is 78.4 Å². The molecule has 0 radical (unpaired) electrons. The maximum absolute atomic E-state index is 10.1. The van der Waals surface area contributed by atoms with E-state index in [1.54, 1.807) is 0 Å². The summed E-state index contributed by atoms with van der Waals surface area (Å²) in [5, 5.41) is 10.1. The van der Waals surface area contributed by atoms with Crippen molar-refractivity contribution in [2.24, 2.45) is 5.41 Å². The molecule has 102 valence electrons. The van der Waals surface area contributed by atoms with E-state index in [0.717, 1.165) is 19.0 Å². The minimum Gasteiger partial charge on any atom is -0.393 e. The SMILES string of the molecule is CCCC1CCCCN1CCC(O)C(C)(C)C. The van der Waals surface area contributed by atoms with Gasteiger partial charge in [-0.1, -0.05) is 40.5 Å². The van der Waals surface area contributed by atoms with E-state index in [1.165, 1.54) is 38.6 Å². The van der Waals surface area contributed by atoms with E-state index in [1.807, 2.05) is 0 Å². The third-order valence-electron chi connectivity index (χ3n) is 4.06. The van der Waals surface area contributed by atoms with E-state index >= 15 is 0 Å². The van der Waals surface area contributed by atoms with Gasteiger partial charge in [0.1, 0.15) is 0 Å². The molecule has 1 aliphatic rings. The molecule has 1 fully saturated rings. The molecule has 0 amide bonds. The molecule has 0 saturated carbocycles. The first-order chi connectivity index (χ1) is 7.95. The average Bonchev–Trinajstić information content (AvgIpc) is 2.26. The van der Waals surface area contributed by atoms with Crippen molar-refractivity contribution in [1.29, 1.82) is 0 Å². The van der Waals surface area contributed by atoms with E-state index in [9.17, 15) is 5.11 Å². The third-order valence-corrected chi connectivity index (χ3v) is 4.06. The highest BCUT2D eigenvalue weighted by Crippen LogP contribution is 2.25. The van der Waals surface area contributed by atoms with Crippen LogP contribution >= 0.6 is 0 Å². The minimum atomic E-state index is -0.174. The van der Waals surface area contributed by atoms with Gasteiger partial charge in [-0.2, -0.15) is 0 Å². The van der Waals surface area contributed by atoms with Crippen molar-refractivity contribution in [1.82, 2.24) is 4.90 Å². The van der Waals surface area contributed by atoms with Crippen LogP contribution in [0.2, 0.25) is 0 Å². The molecule has 2 unspecified atom stereocenters. The molecule has 0 bridgehead atoms. The quantitative estimate of drug-likeness (QED) is 0.797. The number of nitrogens with zero attached hydrogens (tertiary/aromatic N) is 1. The van der Waals surface area contributed by atoms with Gasteiger partial charge in [-0.15, -0.1) is 0 Å². The zero-order valence-corrected chi connectivity index (χ0v) is 12.2. The predicted molar refractivity (Wildman–Crippen MR) is 74.2 cm³/mol. The Labute approximate surface area is 107 Å². The molecule has 2 nitrogen and oxygen atoms in total. The first-order valence-corrected chi connectivity index (χ1v) is 7.37. The van der Waals surface area contributed by atoms with Gasteiger partial charge in [-0.25, -0.2) is 0 Å². The summed E-state index contributed by atoms with van der Waals surface area (Å²) in [7, 11) is 0. The number of aliphatic hydroxyl groups is 1. The monoisotopic (exact) mass is 241 g/mol. The molecule has 0 spiro atoms. The molecule has 0 aromatic heterocycles. The zero-order valence-electron chi connectivity index (χ0n) is 12.2. The molecular weight excluding hydrogens is 210 g/mol. The van der Waals surface area contributed by atoms with Crippen LogP contribution in [0.3, 0.4) is 0 Å². The molecular formula is C15H31NO. The van der Waals surface area contributed by atoms with Crippen LogP contribution in [0.15, 0.2) is 0 Å². The van der Waals surface area contributed by atoms with E-state index in [0.29, 0.717) is 0 Å². The van der Waals surface area contributed by atoms with E-state index in [2.05, 4.69) is 32.6 Å². The first kappa shape index (κ1) is 15.0. The molecule has 1 N–H and O–H groups in total. The number of hydrogen-bond acceptors (Lipinski definition) is 2. The Morgan fingerprint density at radius 2 is 2.00 bits per heavy atom. The number of likely N-dealkylation sites (tertiary alicyclic amines) is 1. The molecule has 0 aromatic carbocycles. The largest absolute Gasteiger partial charge is 0.393 e. The van der Waals surface area contributed by atoms with E-state index in [4.69, 9.17) is 0 Å². The third kappa shape index (κ3) is 4.97.